The third-order valence-corrected chi connectivity index (χ3v) is 3.25. The fourth-order valence-corrected chi connectivity index (χ4v) is 2.00. The molecule has 0 bridgehead atoms. The summed E-state index contributed by atoms with van der Waals surface area (Å²) in [7, 11) is 0. The molecule has 1 aromatic rings. The minimum atomic E-state index is -1.06. The van der Waals surface area contributed by atoms with Crippen molar-refractivity contribution in [3.8, 4) is 5.75 Å². The molecule has 0 aliphatic heterocycles. The van der Waals surface area contributed by atoms with Gasteiger partial charge in [0.2, 0.25) is 0 Å². The van der Waals surface area contributed by atoms with Crippen LogP contribution in [-0.4, -0.2) is 29.2 Å². The molecule has 19 heavy (non-hydrogen) atoms. The average Bonchev–Trinajstić information content (AvgIpc) is 2.38. The van der Waals surface area contributed by atoms with Crippen molar-refractivity contribution in [1.29, 1.82) is 0 Å². The first-order chi connectivity index (χ1) is 9.13. The van der Waals surface area contributed by atoms with Gasteiger partial charge in [-0.3, -0.25) is 0 Å². The number of ether oxygens (including phenoxy) is 1. The summed E-state index contributed by atoms with van der Waals surface area (Å²) in [5.41, 5.74) is 0.494. The number of rotatable bonds is 8. The lowest BCUT2D eigenvalue weighted by Gasteiger charge is -2.07. The molecular weight excluding hydrogens is 267 g/mol. The molecule has 0 spiro atoms. The largest absolute Gasteiger partial charge is 0.490 e. The van der Waals surface area contributed by atoms with E-state index >= 15 is 0 Å². The summed E-state index contributed by atoms with van der Waals surface area (Å²) < 4.78 is 19.0. The zero-order valence-electron chi connectivity index (χ0n) is 10.8. The van der Waals surface area contributed by atoms with Crippen molar-refractivity contribution in [1.82, 2.24) is 0 Å². The summed E-state index contributed by atoms with van der Waals surface area (Å²) in [5.74, 6) is 0.732. The van der Waals surface area contributed by atoms with Gasteiger partial charge in [-0.25, -0.2) is 9.18 Å². The Hall–Kier alpha value is -1.49. The first-order valence-corrected chi connectivity index (χ1v) is 7.20. The summed E-state index contributed by atoms with van der Waals surface area (Å²) in [4.78, 5) is 10.3. The number of aliphatic carboxylic acids is 1. The van der Waals surface area contributed by atoms with Crippen molar-refractivity contribution in [3.05, 3.63) is 35.7 Å². The predicted octanol–water partition coefficient (Wildman–Crippen LogP) is 3.45. The monoisotopic (exact) mass is 284 g/mol. The second-order valence-corrected chi connectivity index (χ2v) is 5.15. The van der Waals surface area contributed by atoms with Crippen LogP contribution >= 0.6 is 11.8 Å². The number of hydrogen-bond donors (Lipinski definition) is 1. The molecule has 5 heteroatoms. The van der Waals surface area contributed by atoms with E-state index in [-0.39, 0.29) is 5.75 Å². The summed E-state index contributed by atoms with van der Waals surface area (Å²) in [6.07, 6.45) is 3.18. The Morgan fingerprint density at radius 3 is 2.95 bits per heavy atom. The Kier molecular flexibility index (Phi) is 7.03. The van der Waals surface area contributed by atoms with Crippen molar-refractivity contribution in [2.45, 2.75) is 13.3 Å². The number of thioether (sulfide) groups is 1. The molecule has 0 fully saturated rings. The zero-order chi connectivity index (χ0) is 14.1. The smallest absolute Gasteiger partial charge is 0.328 e. The van der Waals surface area contributed by atoms with Gasteiger partial charge in [0.05, 0.1) is 6.61 Å². The molecule has 0 radical (unpaired) electrons. The van der Waals surface area contributed by atoms with E-state index in [0.717, 1.165) is 24.0 Å². The van der Waals surface area contributed by atoms with Gasteiger partial charge in [0, 0.05) is 6.08 Å². The molecule has 1 rings (SSSR count). The standard InChI is InChI=1S/C14H17FO3S/c1-2-19-9-3-8-18-13-6-4-11(10-12(13)15)5-7-14(16)17/h4-7,10H,2-3,8-9H2,1H3,(H,16,17)/b7-5+. The molecule has 0 aliphatic rings. The minimum absolute atomic E-state index is 0.203. The Bertz CT molecular complexity index is 446. The van der Waals surface area contributed by atoms with Crippen LogP contribution in [-0.2, 0) is 4.79 Å². The van der Waals surface area contributed by atoms with Crippen LogP contribution in [0.25, 0.3) is 6.08 Å². The molecular formula is C14H17FO3S. The third kappa shape index (κ3) is 6.29. The van der Waals surface area contributed by atoms with Gasteiger partial charge in [-0.2, -0.15) is 11.8 Å². The second kappa shape index (κ2) is 8.58. The maximum atomic E-state index is 13.6. The fraction of sp³-hybridized carbons (Fsp3) is 0.357. The number of carboxylic acid groups (broad SMARTS) is 1. The van der Waals surface area contributed by atoms with E-state index < -0.39 is 11.8 Å². The summed E-state index contributed by atoms with van der Waals surface area (Å²) in [6, 6.07) is 4.40. The van der Waals surface area contributed by atoms with Crippen molar-refractivity contribution < 1.29 is 19.0 Å². The lowest BCUT2D eigenvalue weighted by atomic mass is 10.2. The lowest BCUT2D eigenvalue weighted by Crippen LogP contribution is -2.00. The van der Waals surface area contributed by atoms with E-state index in [1.807, 2.05) is 11.8 Å². The molecule has 0 saturated heterocycles. The van der Waals surface area contributed by atoms with Crippen LogP contribution in [0.3, 0.4) is 0 Å². The first kappa shape index (κ1) is 15.6. The van der Waals surface area contributed by atoms with Gasteiger partial charge in [0.1, 0.15) is 0 Å². The topological polar surface area (TPSA) is 46.5 Å². The van der Waals surface area contributed by atoms with Crippen LogP contribution in [0.4, 0.5) is 4.39 Å². The van der Waals surface area contributed by atoms with E-state index in [2.05, 4.69) is 6.92 Å². The van der Waals surface area contributed by atoms with E-state index in [1.54, 1.807) is 6.07 Å². The van der Waals surface area contributed by atoms with Crippen LogP contribution in [0, 0.1) is 5.82 Å². The van der Waals surface area contributed by atoms with Crippen LogP contribution < -0.4 is 4.74 Å². The van der Waals surface area contributed by atoms with Crippen LogP contribution in [0.2, 0.25) is 0 Å². The van der Waals surface area contributed by atoms with Gasteiger partial charge in [-0.05, 0) is 41.7 Å². The summed E-state index contributed by atoms with van der Waals surface area (Å²) in [5, 5.41) is 8.48. The minimum Gasteiger partial charge on any atom is -0.490 e. The van der Waals surface area contributed by atoms with Crippen LogP contribution in [0.1, 0.15) is 18.9 Å². The number of carboxylic acids is 1. The van der Waals surface area contributed by atoms with Crippen molar-refractivity contribution in [2.24, 2.45) is 0 Å². The predicted molar refractivity (Wildman–Crippen MR) is 76.2 cm³/mol. The molecule has 0 unspecified atom stereocenters. The maximum Gasteiger partial charge on any atom is 0.328 e. The number of benzene rings is 1. The number of carbonyl (C=O) groups is 1. The number of hydrogen-bond acceptors (Lipinski definition) is 3. The Balaban J connectivity index is 2.50. The van der Waals surface area contributed by atoms with Crippen LogP contribution in [0.15, 0.2) is 24.3 Å². The molecule has 0 atom stereocenters. The van der Waals surface area contributed by atoms with Gasteiger partial charge in [-0.1, -0.05) is 13.0 Å². The Morgan fingerprint density at radius 2 is 2.32 bits per heavy atom. The van der Waals surface area contributed by atoms with Gasteiger partial charge in [0.25, 0.3) is 0 Å². The molecule has 0 aromatic heterocycles. The molecule has 0 amide bonds. The van der Waals surface area contributed by atoms with E-state index in [0.29, 0.717) is 12.2 Å². The van der Waals surface area contributed by atoms with E-state index in [9.17, 15) is 9.18 Å². The zero-order valence-corrected chi connectivity index (χ0v) is 11.6. The molecule has 0 heterocycles. The maximum absolute atomic E-state index is 13.6. The normalized spacial score (nSPS) is 10.8. The van der Waals surface area contributed by atoms with Crippen molar-refractivity contribution in [2.75, 3.05) is 18.1 Å². The molecule has 0 aliphatic carbocycles. The Morgan fingerprint density at radius 1 is 1.53 bits per heavy atom. The molecule has 1 aromatic carbocycles. The highest BCUT2D eigenvalue weighted by Crippen LogP contribution is 2.19. The highest BCUT2D eigenvalue weighted by Gasteiger charge is 2.03. The average molecular weight is 284 g/mol. The summed E-state index contributed by atoms with van der Waals surface area (Å²) in [6.45, 7) is 2.57. The Labute approximate surface area is 116 Å². The quantitative estimate of drug-likeness (QED) is 0.586. The summed E-state index contributed by atoms with van der Waals surface area (Å²) >= 11 is 1.82. The van der Waals surface area contributed by atoms with Gasteiger partial charge >= 0.3 is 5.97 Å². The third-order valence-electron chi connectivity index (χ3n) is 2.27. The fourth-order valence-electron chi connectivity index (χ4n) is 1.39. The highest BCUT2D eigenvalue weighted by molar-refractivity contribution is 7.99. The lowest BCUT2D eigenvalue weighted by molar-refractivity contribution is -0.131. The van der Waals surface area contributed by atoms with E-state index in [1.165, 1.54) is 18.2 Å². The van der Waals surface area contributed by atoms with Crippen LogP contribution in [0.5, 0.6) is 5.75 Å². The van der Waals surface area contributed by atoms with Gasteiger partial charge in [-0.15, -0.1) is 0 Å². The molecule has 0 saturated carbocycles. The molecule has 1 N–H and O–H groups in total. The number of halogens is 1. The van der Waals surface area contributed by atoms with Crippen molar-refractivity contribution in [3.63, 3.8) is 0 Å². The SMILES string of the molecule is CCSCCCOc1ccc(/C=C/C(=O)O)cc1F. The van der Waals surface area contributed by atoms with Gasteiger partial charge < -0.3 is 9.84 Å². The molecule has 3 nitrogen and oxygen atoms in total. The first-order valence-electron chi connectivity index (χ1n) is 6.04. The van der Waals surface area contributed by atoms with Crippen molar-refractivity contribution >= 4 is 23.8 Å². The highest BCUT2D eigenvalue weighted by atomic mass is 32.2. The van der Waals surface area contributed by atoms with Gasteiger partial charge in [0.15, 0.2) is 11.6 Å². The van der Waals surface area contributed by atoms with E-state index in [4.69, 9.17) is 9.84 Å². The molecule has 104 valence electrons. The second-order valence-electron chi connectivity index (χ2n) is 3.76.